The fourth-order valence-corrected chi connectivity index (χ4v) is 2.97. The van der Waals surface area contributed by atoms with Crippen LogP contribution in [0, 0.1) is 18.8 Å². The molecule has 5 nitrogen and oxygen atoms in total. The molecule has 3 heterocycles. The zero-order chi connectivity index (χ0) is 13.2. The summed E-state index contributed by atoms with van der Waals surface area (Å²) in [5, 5.41) is 3.45. The summed E-state index contributed by atoms with van der Waals surface area (Å²) in [5.41, 5.74) is 0.978. The van der Waals surface area contributed by atoms with Crippen molar-refractivity contribution in [3.05, 3.63) is 11.8 Å². The molecule has 1 aromatic heterocycles. The highest BCUT2D eigenvalue weighted by Gasteiger charge is 2.37. The molecular weight excluding hydrogens is 240 g/mol. The van der Waals surface area contributed by atoms with Crippen molar-refractivity contribution in [2.24, 2.45) is 11.8 Å². The second-order valence-electron chi connectivity index (χ2n) is 5.58. The van der Waals surface area contributed by atoms with E-state index in [0.717, 1.165) is 56.1 Å². The lowest BCUT2D eigenvalue weighted by Crippen LogP contribution is -2.27. The molecule has 1 aromatic rings. The Morgan fingerprint density at radius 2 is 2.05 bits per heavy atom. The van der Waals surface area contributed by atoms with Crippen molar-refractivity contribution in [2.45, 2.75) is 20.3 Å². The van der Waals surface area contributed by atoms with Gasteiger partial charge in [0.15, 0.2) is 0 Å². The highest BCUT2D eigenvalue weighted by atomic mass is 16.5. The average Bonchev–Trinajstić information content (AvgIpc) is 2.96. The van der Waals surface area contributed by atoms with Crippen LogP contribution in [0.25, 0.3) is 0 Å². The maximum Gasteiger partial charge on any atom is 0.228 e. The number of aromatic nitrogens is 2. The number of rotatable bonds is 4. The Bertz CT molecular complexity index is 439. The molecule has 0 unspecified atom stereocenters. The fraction of sp³-hybridized carbons (Fsp3) is 0.714. The highest BCUT2D eigenvalue weighted by molar-refractivity contribution is 5.36. The van der Waals surface area contributed by atoms with Gasteiger partial charge in [0.2, 0.25) is 11.8 Å². The maximum atomic E-state index is 5.64. The highest BCUT2D eigenvalue weighted by Crippen LogP contribution is 2.29. The summed E-state index contributed by atoms with van der Waals surface area (Å²) < 4.78 is 5.64. The Morgan fingerprint density at radius 3 is 2.74 bits per heavy atom. The van der Waals surface area contributed by atoms with Gasteiger partial charge in [0.05, 0.1) is 6.61 Å². The van der Waals surface area contributed by atoms with Gasteiger partial charge in [-0.3, -0.25) is 0 Å². The molecule has 5 heteroatoms. The Hall–Kier alpha value is -1.36. The molecule has 0 saturated carbocycles. The maximum absolute atomic E-state index is 5.64. The van der Waals surface area contributed by atoms with Crippen molar-refractivity contribution in [3.8, 4) is 5.88 Å². The van der Waals surface area contributed by atoms with E-state index in [2.05, 4.69) is 27.1 Å². The number of fused-ring (bicyclic) bond motifs is 1. The van der Waals surface area contributed by atoms with Gasteiger partial charge in [0, 0.05) is 37.9 Å². The molecule has 2 fully saturated rings. The van der Waals surface area contributed by atoms with Gasteiger partial charge in [-0.25, -0.2) is 4.98 Å². The summed E-state index contributed by atoms with van der Waals surface area (Å²) in [4.78, 5) is 11.4. The smallest absolute Gasteiger partial charge is 0.228 e. The summed E-state index contributed by atoms with van der Waals surface area (Å²) in [7, 11) is 0. The van der Waals surface area contributed by atoms with Gasteiger partial charge < -0.3 is 15.0 Å². The Balaban J connectivity index is 1.75. The Kier molecular flexibility index (Phi) is 3.55. The number of hydrogen-bond donors (Lipinski definition) is 1. The van der Waals surface area contributed by atoms with Crippen molar-refractivity contribution in [3.63, 3.8) is 0 Å². The van der Waals surface area contributed by atoms with Crippen LogP contribution in [-0.2, 0) is 0 Å². The van der Waals surface area contributed by atoms with Crippen LogP contribution in [0.5, 0.6) is 5.88 Å². The topological polar surface area (TPSA) is 50.3 Å². The zero-order valence-corrected chi connectivity index (χ0v) is 11.7. The van der Waals surface area contributed by atoms with Crippen LogP contribution in [0.4, 0.5) is 5.95 Å². The third kappa shape index (κ3) is 2.66. The van der Waals surface area contributed by atoms with Crippen LogP contribution >= 0.6 is 0 Å². The Morgan fingerprint density at radius 1 is 1.32 bits per heavy atom. The molecule has 3 rings (SSSR count). The molecule has 0 bridgehead atoms. The molecule has 2 saturated heterocycles. The largest absolute Gasteiger partial charge is 0.478 e. The molecule has 0 aliphatic carbocycles. The van der Waals surface area contributed by atoms with E-state index in [1.807, 2.05) is 13.0 Å². The number of ether oxygens (including phenoxy) is 1. The fourth-order valence-electron chi connectivity index (χ4n) is 2.97. The number of anilines is 1. The van der Waals surface area contributed by atoms with E-state index < -0.39 is 0 Å². The van der Waals surface area contributed by atoms with Crippen LogP contribution in [0.2, 0.25) is 0 Å². The van der Waals surface area contributed by atoms with Crippen molar-refractivity contribution < 1.29 is 4.74 Å². The molecular formula is C14H22N4O. The van der Waals surface area contributed by atoms with Crippen LogP contribution in [-0.4, -0.2) is 42.8 Å². The lowest BCUT2D eigenvalue weighted by atomic mass is 10.0. The predicted molar refractivity (Wildman–Crippen MR) is 74.6 cm³/mol. The quantitative estimate of drug-likeness (QED) is 0.884. The lowest BCUT2D eigenvalue weighted by molar-refractivity contribution is 0.304. The summed E-state index contributed by atoms with van der Waals surface area (Å²) in [6.07, 6.45) is 0.998. The first-order valence-electron chi connectivity index (χ1n) is 7.20. The number of aryl methyl sites for hydroxylation is 1. The molecule has 19 heavy (non-hydrogen) atoms. The zero-order valence-electron chi connectivity index (χ0n) is 11.7. The van der Waals surface area contributed by atoms with Gasteiger partial charge in [-0.15, -0.1) is 0 Å². The van der Waals surface area contributed by atoms with E-state index in [-0.39, 0.29) is 0 Å². The van der Waals surface area contributed by atoms with Crippen LogP contribution in [0.15, 0.2) is 6.07 Å². The first-order chi connectivity index (χ1) is 9.26. The third-order valence-corrected chi connectivity index (χ3v) is 3.95. The summed E-state index contributed by atoms with van der Waals surface area (Å²) >= 11 is 0. The number of nitrogens with one attached hydrogen (secondary N) is 1. The van der Waals surface area contributed by atoms with E-state index >= 15 is 0 Å². The van der Waals surface area contributed by atoms with Crippen molar-refractivity contribution in [2.75, 3.05) is 37.7 Å². The first-order valence-corrected chi connectivity index (χ1v) is 7.20. The van der Waals surface area contributed by atoms with E-state index in [1.165, 1.54) is 0 Å². The first kappa shape index (κ1) is 12.7. The minimum atomic E-state index is 0.708. The summed E-state index contributed by atoms with van der Waals surface area (Å²) in [6, 6.07) is 1.91. The summed E-state index contributed by atoms with van der Waals surface area (Å²) in [6.45, 7) is 9.21. The van der Waals surface area contributed by atoms with Gasteiger partial charge in [0.25, 0.3) is 0 Å². The van der Waals surface area contributed by atoms with E-state index in [9.17, 15) is 0 Å². The standard InChI is InChI=1S/C14H22N4O/c1-3-4-19-13-5-10(2)16-14(17-13)18-8-11-6-15-7-12(11)9-18/h5,11-12,15H,3-4,6-9H2,1-2H3/t11-,12+. The van der Waals surface area contributed by atoms with Crippen molar-refractivity contribution >= 4 is 5.95 Å². The van der Waals surface area contributed by atoms with Crippen LogP contribution < -0.4 is 15.0 Å². The molecule has 0 radical (unpaired) electrons. The molecule has 0 aromatic carbocycles. The molecule has 2 aliphatic heterocycles. The van der Waals surface area contributed by atoms with E-state index in [4.69, 9.17) is 4.74 Å². The molecule has 0 spiro atoms. The molecule has 1 N–H and O–H groups in total. The minimum Gasteiger partial charge on any atom is -0.478 e. The van der Waals surface area contributed by atoms with E-state index in [0.29, 0.717) is 12.5 Å². The second kappa shape index (κ2) is 5.33. The normalized spacial score (nSPS) is 25.7. The van der Waals surface area contributed by atoms with Gasteiger partial charge >= 0.3 is 0 Å². The van der Waals surface area contributed by atoms with Gasteiger partial charge in [-0.1, -0.05) is 6.92 Å². The van der Waals surface area contributed by atoms with Crippen LogP contribution in [0.3, 0.4) is 0 Å². The van der Waals surface area contributed by atoms with Gasteiger partial charge in [-0.2, -0.15) is 4.98 Å². The van der Waals surface area contributed by atoms with Gasteiger partial charge in [-0.05, 0) is 25.2 Å². The minimum absolute atomic E-state index is 0.708. The average molecular weight is 262 g/mol. The second-order valence-corrected chi connectivity index (χ2v) is 5.58. The monoisotopic (exact) mass is 262 g/mol. The Labute approximate surface area is 114 Å². The molecule has 0 amide bonds. The predicted octanol–water partition coefficient (Wildman–Crippen LogP) is 1.23. The molecule has 2 aliphatic rings. The molecule has 2 atom stereocenters. The molecule has 104 valence electrons. The lowest BCUT2D eigenvalue weighted by Gasteiger charge is -2.18. The van der Waals surface area contributed by atoms with Crippen molar-refractivity contribution in [1.82, 2.24) is 15.3 Å². The SMILES string of the molecule is CCCOc1cc(C)nc(N2C[C@H]3CNC[C@H]3C2)n1. The van der Waals surface area contributed by atoms with Crippen molar-refractivity contribution in [1.29, 1.82) is 0 Å². The number of nitrogens with zero attached hydrogens (tertiary/aromatic N) is 3. The van der Waals surface area contributed by atoms with E-state index in [1.54, 1.807) is 0 Å². The summed E-state index contributed by atoms with van der Waals surface area (Å²) in [5.74, 6) is 3.05. The number of hydrogen-bond acceptors (Lipinski definition) is 5. The van der Waals surface area contributed by atoms with Gasteiger partial charge in [0.1, 0.15) is 0 Å². The third-order valence-electron chi connectivity index (χ3n) is 3.95. The van der Waals surface area contributed by atoms with Crippen LogP contribution in [0.1, 0.15) is 19.0 Å².